The van der Waals surface area contributed by atoms with Crippen LogP contribution in [0.5, 0.6) is 0 Å². The predicted octanol–water partition coefficient (Wildman–Crippen LogP) is -0.729. The molecule has 2 unspecified atom stereocenters. The average Bonchev–Trinajstić information content (AvgIpc) is 2.34. The highest BCUT2D eigenvalue weighted by Crippen LogP contribution is 2.05. The van der Waals surface area contributed by atoms with Crippen LogP contribution in [0.15, 0.2) is 0 Å². The number of β-amino-alcohol motifs (C(OH)–C–C–N with tert-alkyl or cyclic N) is 1. The third-order valence-electron chi connectivity index (χ3n) is 2.22. The number of nitrogens with one attached hydrogen (secondary N) is 1. The Balaban J connectivity index is 2.38. The maximum Gasteiger partial charge on any atom is 0.0831 e. The number of hydrogen-bond donors (Lipinski definition) is 2. The van der Waals surface area contributed by atoms with Crippen molar-refractivity contribution in [1.29, 1.82) is 0 Å². The average molecular weight is 144 g/mol. The summed E-state index contributed by atoms with van der Waals surface area (Å²) in [5, 5.41) is 12.5. The van der Waals surface area contributed by atoms with Crippen molar-refractivity contribution in [1.82, 2.24) is 10.2 Å². The van der Waals surface area contributed by atoms with E-state index in [9.17, 15) is 5.11 Å². The van der Waals surface area contributed by atoms with E-state index in [1.807, 2.05) is 7.05 Å². The molecular weight excluding hydrogens is 128 g/mol. The van der Waals surface area contributed by atoms with Crippen molar-refractivity contribution >= 4 is 0 Å². The van der Waals surface area contributed by atoms with Gasteiger partial charge in [-0.1, -0.05) is 6.92 Å². The standard InChI is InChI=1S/C7H16N2O/c1-3-9(2)6-4-8-5-7(6)10/h6-8,10H,3-5H2,1-2H3. The molecule has 0 radical (unpaired) electrons. The summed E-state index contributed by atoms with van der Waals surface area (Å²) >= 11 is 0. The molecule has 0 saturated carbocycles. The van der Waals surface area contributed by atoms with Gasteiger partial charge in [-0.05, 0) is 13.6 Å². The summed E-state index contributed by atoms with van der Waals surface area (Å²) in [5.41, 5.74) is 0. The lowest BCUT2D eigenvalue weighted by Crippen LogP contribution is -2.40. The van der Waals surface area contributed by atoms with E-state index in [0.29, 0.717) is 6.04 Å². The molecule has 2 atom stereocenters. The van der Waals surface area contributed by atoms with Crippen LogP contribution in [-0.2, 0) is 0 Å². The van der Waals surface area contributed by atoms with E-state index in [-0.39, 0.29) is 6.10 Å². The van der Waals surface area contributed by atoms with Crippen LogP contribution in [0.25, 0.3) is 0 Å². The Bertz CT molecular complexity index is 108. The quantitative estimate of drug-likeness (QED) is 0.536. The van der Waals surface area contributed by atoms with E-state index in [0.717, 1.165) is 19.6 Å². The van der Waals surface area contributed by atoms with Crippen LogP contribution in [0.2, 0.25) is 0 Å². The molecule has 0 amide bonds. The molecule has 0 spiro atoms. The van der Waals surface area contributed by atoms with Crippen LogP contribution in [0, 0.1) is 0 Å². The normalized spacial score (nSPS) is 33.6. The SMILES string of the molecule is CCN(C)C1CNCC1O. The van der Waals surface area contributed by atoms with Gasteiger partial charge < -0.3 is 10.4 Å². The number of nitrogens with zero attached hydrogens (tertiary/aromatic N) is 1. The van der Waals surface area contributed by atoms with Crippen molar-refractivity contribution in [2.45, 2.75) is 19.1 Å². The van der Waals surface area contributed by atoms with Gasteiger partial charge in [-0.3, -0.25) is 4.90 Å². The molecule has 1 saturated heterocycles. The van der Waals surface area contributed by atoms with Gasteiger partial charge in [0.25, 0.3) is 0 Å². The Kier molecular flexibility index (Phi) is 2.65. The molecule has 0 aromatic heterocycles. The Morgan fingerprint density at radius 2 is 2.30 bits per heavy atom. The number of aliphatic hydroxyl groups excluding tert-OH is 1. The molecule has 0 aromatic carbocycles. The zero-order valence-electron chi connectivity index (χ0n) is 6.67. The van der Waals surface area contributed by atoms with Crippen molar-refractivity contribution in [3.05, 3.63) is 0 Å². The van der Waals surface area contributed by atoms with Crippen LogP contribution in [0.4, 0.5) is 0 Å². The highest BCUT2D eigenvalue weighted by molar-refractivity contribution is 4.86. The maximum atomic E-state index is 9.39. The van der Waals surface area contributed by atoms with Crippen molar-refractivity contribution in [2.24, 2.45) is 0 Å². The number of aliphatic hydroxyl groups is 1. The molecule has 60 valence electrons. The van der Waals surface area contributed by atoms with E-state index in [4.69, 9.17) is 0 Å². The number of likely N-dealkylation sites (N-methyl/N-ethyl adjacent to an activating group) is 1. The summed E-state index contributed by atoms with van der Waals surface area (Å²) in [6.07, 6.45) is -0.176. The minimum absolute atomic E-state index is 0.176. The number of hydrogen-bond acceptors (Lipinski definition) is 3. The molecule has 3 nitrogen and oxygen atoms in total. The highest BCUT2D eigenvalue weighted by atomic mass is 16.3. The van der Waals surface area contributed by atoms with Crippen LogP contribution < -0.4 is 5.32 Å². The lowest BCUT2D eigenvalue weighted by molar-refractivity contribution is 0.103. The van der Waals surface area contributed by atoms with Gasteiger partial charge in [-0.25, -0.2) is 0 Å². The Morgan fingerprint density at radius 3 is 2.70 bits per heavy atom. The minimum Gasteiger partial charge on any atom is -0.390 e. The topological polar surface area (TPSA) is 35.5 Å². The van der Waals surface area contributed by atoms with Gasteiger partial charge in [0, 0.05) is 19.1 Å². The summed E-state index contributed by atoms with van der Waals surface area (Å²) in [7, 11) is 2.04. The lowest BCUT2D eigenvalue weighted by atomic mass is 10.2. The summed E-state index contributed by atoms with van der Waals surface area (Å²) in [4.78, 5) is 2.17. The largest absolute Gasteiger partial charge is 0.390 e. The molecule has 1 heterocycles. The molecule has 0 bridgehead atoms. The second kappa shape index (κ2) is 3.32. The first-order valence-electron chi connectivity index (χ1n) is 3.84. The summed E-state index contributed by atoms with van der Waals surface area (Å²) in [6, 6.07) is 0.324. The van der Waals surface area contributed by atoms with Gasteiger partial charge in [0.1, 0.15) is 0 Å². The predicted molar refractivity (Wildman–Crippen MR) is 41.0 cm³/mol. The molecule has 0 aromatic rings. The fourth-order valence-electron chi connectivity index (χ4n) is 1.34. The van der Waals surface area contributed by atoms with Crippen LogP contribution >= 0.6 is 0 Å². The highest BCUT2D eigenvalue weighted by Gasteiger charge is 2.27. The Labute approximate surface area is 62.0 Å². The smallest absolute Gasteiger partial charge is 0.0831 e. The molecule has 0 aliphatic carbocycles. The monoisotopic (exact) mass is 144 g/mol. The van der Waals surface area contributed by atoms with Crippen molar-refractivity contribution in [2.75, 3.05) is 26.7 Å². The van der Waals surface area contributed by atoms with Gasteiger partial charge in [0.15, 0.2) is 0 Å². The molecule has 1 fully saturated rings. The van der Waals surface area contributed by atoms with Gasteiger partial charge in [0.05, 0.1) is 6.10 Å². The summed E-state index contributed by atoms with van der Waals surface area (Å²) in [5.74, 6) is 0. The van der Waals surface area contributed by atoms with Gasteiger partial charge >= 0.3 is 0 Å². The first-order chi connectivity index (χ1) is 4.75. The van der Waals surface area contributed by atoms with Crippen LogP contribution in [0.3, 0.4) is 0 Å². The second-order valence-electron chi connectivity index (χ2n) is 2.87. The minimum atomic E-state index is -0.176. The zero-order valence-corrected chi connectivity index (χ0v) is 6.67. The molecule has 2 N–H and O–H groups in total. The second-order valence-corrected chi connectivity index (χ2v) is 2.87. The van der Waals surface area contributed by atoms with Crippen LogP contribution in [-0.4, -0.2) is 48.8 Å². The first kappa shape index (κ1) is 7.98. The zero-order chi connectivity index (χ0) is 7.56. The fourth-order valence-corrected chi connectivity index (χ4v) is 1.34. The molecule has 1 aliphatic rings. The third kappa shape index (κ3) is 1.48. The Morgan fingerprint density at radius 1 is 1.60 bits per heavy atom. The number of rotatable bonds is 2. The molecular formula is C7H16N2O. The van der Waals surface area contributed by atoms with E-state index in [1.165, 1.54) is 0 Å². The van der Waals surface area contributed by atoms with Crippen molar-refractivity contribution < 1.29 is 5.11 Å². The summed E-state index contributed by atoms with van der Waals surface area (Å²) in [6.45, 7) is 4.77. The van der Waals surface area contributed by atoms with Gasteiger partial charge in [-0.2, -0.15) is 0 Å². The van der Waals surface area contributed by atoms with Crippen LogP contribution in [0.1, 0.15) is 6.92 Å². The van der Waals surface area contributed by atoms with Gasteiger partial charge in [0.2, 0.25) is 0 Å². The third-order valence-corrected chi connectivity index (χ3v) is 2.22. The Hall–Kier alpha value is -0.120. The first-order valence-corrected chi connectivity index (χ1v) is 3.84. The maximum absolute atomic E-state index is 9.39. The molecule has 3 heteroatoms. The van der Waals surface area contributed by atoms with E-state index >= 15 is 0 Å². The van der Waals surface area contributed by atoms with Crippen molar-refractivity contribution in [3.63, 3.8) is 0 Å². The van der Waals surface area contributed by atoms with Gasteiger partial charge in [-0.15, -0.1) is 0 Å². The molecule has 10 heavy (non-hydrogen) atoms. The molecule has 1 rings (SSSR count). The van der Waals surface area contributed by atoms with Crippen molar-refractivity contribution in [3.8, 4) is 0 Å². The summed E-state index contributed by atoms with van der Waals surface area (Å²) < 4.78 is 0. The van der Waals surface area contributed by atoms with E-state index in [1.54, 1.807) is 0 Å². The van der Waals surface area contributed by atoms with E-state index < -0.39 is 0 Å². The molecule has 1 aliphatic heterocycles. The lowest BCUT2D eigenvalue weighted by Gasteiger charge is -2.24. The van der Waals surface area contributed by atoms with E-state index in [2.05, 4.69) is 17.1 Å². The fraction of sp³-hybridized carbons (Fsp3) is 1.00.